The highest BCUT2D eigenvalue weighted by Gasteiger charge is 2.13. The van der Waals surface area contributed by atoms with Gasteiger partial charge in [-0.25, -0.2) is 4.98 Å². The number of anilines is 1. The highest BCUT2D eigenvalue weighted by Crippen LogP contribution is 2.33. The van der Waals surface area contributed by atoms with Gasteiger partial charge < -0.3 is 9.73 Å². The van der Waals surface area contributed by atoms with Crippen molar-refractivity contribution in [1.29, 1.82) is 0 Å². The number of thiazole rings is 1. The van der Waals surface area contributed by atoms with Gasteiger partial charge in [-0.15, -0.1) is 11.3 Å². The van der Waals surface area contributed by atoms with Gasteiger partial charge in [-0.2, -0.15) is 0 Å². The second-order valence-corrected chi connectivity index (χ2v) is 6.48. The molecule has 0 saturated carbocycles. The van der Waals surface area contributed by atoms with E-state index in [2.05, 4.69) is 17.2 Å². The van der Waals surface area contributed by atoms with Gasteiger partial charge in [-0.1, -0.05) is 19.1 Å². The van der Waals surface area contributed by atoms with Crippen LogP contribution in [0.2, 0.25) is 0 Å². The second-order valence-electron chi connectivity index (χ2n) is 5.28. The lowest BCUT2D eigenvalue weighted by molar-refractivity contribution is -0.116. The number of carbonyl (C=O) groups is 1. The Morgan fingerprint density at radius 3 is 2.70 bits per heavy atom. The Labute approximate surface area is 139 Å². The van der Waals surface area contributed by atoms with Crippen LogP contribution in [0.4, 0.5) is 5.69 Å². The number of aromatic nitrogens is 1. The molecule has 0 unspecified atom stereocenters. The lowest BCUT2D eigenvalue weighted by Gasteiger charge is -2.05. The molecule has 1 aromatic carbocycles. The van der Waals surface area contributed by atoms with Gasteiger partial charge in [-0.05, 0) is 37.6 Å². The molecule has 1 amide bonds. The van der Waals surface area contributed by atoms with Gasteiger partial charge in [0.25, 0.3) is 0 Å². The maximum absolute atomic E-state index is 11.6. The molecule has 4 nitrogen and oxygen atoms in total. The number of hydrogen-bond acceptors (Lipinski definition) is 4. The van der Waals surface area contributed by atoms with Gasteiger partial charge >= 0.3 is 0 Å². The van der Waals surface area contributed by atoms with Gasteiger partial charge in [0.1, 0.15) is 0 Å². The van der Waals surface area contributed by atoms with Crippen LogP contribution in [-0.4, -0.2) is 10.9 Å². The van der Waals surface area contributed by atoms with E-state index in [1.165, 1.54) is 0 Å². The molecule has 0 aliphatic heterocycles. The Hall–Kier alpha value is -2.40. The summed E-state index contributed by atoms with van der Waals surface area (Å²) >= 11 is 1.61. The van der Waals surface area contributed by atoms with Crippen LogP contribution in [0.15, 0.2) is 47.1 Å². The lowest BCUT2D eigenvalue weighted by atomic mass is 10.1. The third-order valence-electron chi connectivity index (χ3n) is 3.45. The van der Waals surface area contributed by atoms with Crippen LogP contribution in [0.3, 0.4) is 0 Å². The fraction of sp³-hybridized carbons (Fsp3) is 0.222. The zero-order valence-corrected chi connectivity index (χ0v) is 13.9. The average Bonchev–Trinajstić information content (AvgIpc) is 3.18. The van der Waals surface area contributed by atoms with E-state index in [1.54, 1.807) is 17.6 Å². The Morgan fingerprint density at radius 1 is 1.26 bits per heavy atom. The van der Waals surface area contributed by atoms with Crippen LogP contribution < -0.4 is 5.32 Å². The first-order valence-electron chi connectivity index (χ1n) is 7.59. The summed E-state index contributed by atoms with van der Waals surface area (Å²) in [6.45, 7) is 4.04. The number of aryl methyl sites for hydroxylation is 1. The quantitative estimate of drug-likeness (QED) is 0.708. The normalized spacial score (nSPS) is 10.7. The number of carbonyl (C=O) groups excluding carboxylic acids is 1. The lowest BCUT2D eigenvalue weighted by Crippen LogP contribution is -2.10. The standard InChI is InChI=1S/C18H18N2O2S/c1-3-5-16(21)19-14-9-7-13(8-10-14)17-12(2)23-18(20-17)15-6-4-11-22-15/h4,6-11H,3,5H2,1-2H3,(H,19,21). The van der Waals surface area contributed by atoms with Crippen LogP contribution >= 0.6 is 11.3 Å². The number of benzene rings is 1. The zero-order valence-electron chi connectivity index (χ0n) is 13.1. The fourth-order valence-electron chi connectivity index (χ4n) is 2.33. The Morgan fingerprint density at radius 2 is 2.04 bits per heavy atom. The molecule has 0 spiro atoms. The van der Waals surface area contributed by atoms with Gasteiger partial charge in [0.05, 0.1) is 12.0 Å². The van der Waals surface area contributed by atoms with Crippen LogP contribution in [0.5, 0.6) is 0 Å². The molecule has 0 saturated heterocycles. The molecule has 3 aromatic rings. The number of amides is 1. The minimum atomic E-state index is 0.0465. The van der Waals surface area contributed by atoms with E-state index < -0.39 is 0 Å². The van der Waals surface area contributed by atoms with E-state index in [9.17, 15) is 4.79 Å². The van der Waals surface area contributed by atoms with E-state index in [-0.39, 0.29) is 5.91 Å². The summed E-state index contributed by atoms with van der Waals surface area (Å²) in [7, 11) is 0. The molecular weight excluding hydrogens is 308 g/mol. The van der Waals surface area contributed by atoms with E-state index >= 15 is 0 Å². The third-order valence-corrected chi connectivity index (χ3v) is 4.43. The van der Waals surface area contributed by atoms with Crippen LogP contribution in [0.1, 0.15) is 24.6 Å². The molecule has 118 valence electrons. The summed E-state index contributed by atoms with van der Waals surface area (Å²) in [5.74, 6) is 0.831. The smallest absolute Gasteiger partial charge is 0.224 e. The molecule has 23 heavy (non-hydrogen) atoms. The van der Waals surface area contributed by atoms with Gasteiger partial charge in [0.15, 0.2) is 10.8 Å². The van der Waals surface area contributed by atoms with Crippen molar-refractivity contribution in [2.75, 3.05) is 5.32 Å². The fourth-order valence-corrected chi connectivity index (χ4v) is 3.24. The molecule has 5 heteroatoms. The van der Waals surface area contributed by atoms with E-state index in [1.807, 2.05) is 43.3 Å². The summed E-state index contributed by atoms with van der Waals surface area (Å²) in [6.07, 6.45) is 3.04. The van der Waals surface area contributed by atoms with Crippen molar-refractivity contribution in [3.05, 3.63) is 47.5 Å². The monoisotopic (exact) mass is 326 g/mol. The third kappa shape index (κ3) is 3.51. The second kappa shape index (κ2) is 6.79. The molecule has 0 atom stereocenters. The number of hydrogen-bond donors (Lipinski definition) is 1. The van der Waals surface area contributed by atoms with Gasteiger partial charge in [-0.3, -0.25) is 4.79 Å². The van der Waals surface area contributed by atoms with Crippen LogP contribution in [0.25, 0.3) is 22.0 Å². The van der Waals surface area contributed by atoms with Crippen molar-refractivity contribution in [2.45, 2.75) is 26.7 Å². The van der Waals surface area contributed by atoms with Crippen molar-refractivity contribution >= 4 is 22.9 Å². The summed E-state index contributed by atoms with van der Waals surface area (Å²) in [5.41, 5.74) is 2.80. The average molecular weight is 326 g/mol. The molecule has 0 bridgehead atoms. The van der Waals surface area contributed by atoms with Crippen LogP contribution in [-0.2, 0) is 4.79 Å². The molecular formula is C18H18N2O2S. The Kier molecular flexibility index (Phi) is 4.57. The van der Waals surface area contributed by atoms with Crippen LogP contribution in [0, 0.1) is 6.92 Å². The molecule has 1 N–H and O–H groups in total. The molecule has 0 radical (unpaired) electrons. The van der Waals surface area contributed by atoms with E-state index in [0.29, 0.717) is 6.42 Å². The first-order valence-corrected chi connectivity index (χ1v) is 8.40. The molecule has 0 aliphatic carbocycles. The maximum Gasteiger partial charge on any atom is 0.224 e. The summed E-state index contributed by atoms with van der Waals surface area (Å²) < 4.78 is 5.41. The number of rotatable bonds is 5. The van der Waals surface area contributed by atoms with Crippen molar-refractivity contribution in [3.8, 4) is 22.0 Å². The number of nitrogens with zero attached hydrogens (tertiary/aromatic N) is 1. The zero-order chi connectivity index (χ0) is 16.2. The van der Waals surface area contributed by atoms with E-state index in [0.717, 1.165) is 39.0 Å². The van der Waals surface area contributed by atoms with Gasteiger partial charge in [0.2, 0.25) is 5.91 Å². The predicted octanol–water partition coefficient (Wildman–Crippen LogP) is 5.12. The summed E-state index contributed by atoms with van der Waals surface area (Å²) in [5, 5.41) is 3.77. The van der Waals surface area contributed by atoms with Crippen molar-refractivity contribution in [3.63, 3.8) is 0 Å². The Bertz CT molecular complexity index is 789. The number of furan rings is 1. The SMILES string of the molecule is CCCC(=O)Nc1ccc(-c2nc(-c3ccco3)sc2C)cc1. The molecule has 0 fully saturated rings. The maximum atomic E-state index is 11.6. The minimum absolute atomic E-state index is 0.0465. The molecule has 3 rings (SSSR count). The Balaban J connectivity index is 1.81. The molecule has 0 aliphatic rings. The minimum Gasteiger partial charge on any atom is -0.462 e. The highest BCUT2D eigenvalue weighted by molar-refractivity contribution is 7.15. The predicted molar refractivity (Wildman–Crippen MR) is 93.5 cm³/mol. The van der Waals surface area contributed by atoms with E-state index in [4.69, 9.17) is 4.42 Å². The summed E-state index contributed by atoms with van der Waals surface area (Å²) in [6, 6.07) is 11.6. The largest absolute Gasteiger partial charge is 0.462 e. The number of nitrogens with one attached hydrogen (secondary N) is 1. The van der Waals surface area contributed by atoms with Crippen molar-refractivity contribution < 1.29 is 9.21 Å². The molecule has 2 aromatic heterocycles. The van der Waals surface area contributed by atoms with Crippen molar-refractivity contribution in [2.24, 2.45) is 0 Å². The molecule has 2 heterocycles. The highest BCUT2D eigenvalue weighted by atomic mass is 32.1. The van der Waals surface area contributed by atoms with Crippen molar-refractivity contribution in [1.82, 2.24) is 4.98 Å². The summed E-state index contributed by atoms with van der Waals surface area (Å²) in [4.78, 5) is 17.4. The van der Waals surface area contributed by atoms with Gasteiger partial charge in [0, 0.05) is 22.5 Å². The topological polar surface area (TPSA) is 55.1 Å². The first kappa shape index (κ1) is 15.5. The first-order chi connectivity index (χ1) is 11.2.